The van der Waals surface area contributed by atoms with Gasteiger partial charge in [0.2, 0.25) is 0 Å². The third-order valence-corrected chi connectivity index (χ3v) is 3.56. The van der Waals surface area contributed by atoms with E-state index in [2.05, 4.69) is 20.9 Å². The molecule has 2 rings (SSSR count). The Hall–Kier alpha value is -1.10. The SMILES string of the molecule is CC[C@@H](N)c1ccc(Oc2ccc(Cl)cc2Br)cn1. The van der Waals surface area contributed by atoms with Crippen molar-refractivity contribution in [2.75, 3.05) is 0 Å². The van der Waals surface area contributed by atoms with Gasteiger partial charge in [0, 0.05) is 11.1 Å². The van der Waals surface area contributed by atoms with Crippen molar-refractivity contribution in [1.82, 2.24) is 4.98 Å². The molecular formula is C14H14BrClN2O. The molecule has 0 spiro atoms. The molecule has 0 aliphatic heterocycles. The van der Waals surface area contributed by atoms with Gasteiger partial charge in [-0.1, -0.05) is 18.5 Å². The second-order valence-corrected chi connectivity index (χ2v) is 5.40. The second kappa shape index (κ2) is 6.37. The van der Waals surface area contributed by atoms with E-state index in [1.807, 2.05) is 19.1 Å². The summed E-state index contributed by atoms with van der Waals surface area (Å²) in [6, 6.07) is 9.07. The Morgan fingerprint density at radius 2 is 2.16 bits per heavy atom. The van der Waals surface area contributed by atoms with Crippen molar-refractivity contribution in [1.29, 1.82) is 0 Å². The zero-order valence-electron chi connectivity index (χ0n) is 10.4. The van der Waals surface area contributed by atoms with Crippen molar-refractivity contribution >= 4 is 27.5 Å². The van der Waals surface area contributed by atoms with E-state index in [1.165, 1.54) is 0 Å². The van der Waals surface area contributed by atoms with Crippen LogP contribution in [0.5, 0.6) is 11.5 Å². The first-order chi connectivity index (χ1) is 9.10. The van der Waals surface area contributed by atoms with Crippen molar-refractivity contribution in [2.24, 2.45) is 5.73 Å². The third kappa shape index (κ3) is 3.69. The summed E-state index contributed by atoms with van der Waals surface area (Å²) in [5, 5.41) is 0.654. The number of halogens is 2. The van der Waals surface area contributed by atoms with Gasteiger partial charge in [-0.3, -0.25) is 4.98 Å². The highest BCUT2D eigenvalue weighted by atomic mass is 79.9. The van der Waals surface area contributed by atoms with Crippen LogP contribution in [0.2, 0.25) is 5.02 Å². The first kappa shape index (κ1) is 14.3. The molecular weight excluding hydrogens is 328 g/mol. The number of benzene rings is 1. The third-order valence-electron chi connectivity index (χ3n) is 2.70. The standard InChI is InChI=1S/C14H14BrClN2O/c1-2-12(17)13-5-4-10(8-18-13)19-14-6-3-9(16)7-11(14)15/h3-8,12H,2,17H2,1H3/t12-/m1/s1. The molecule has 0 unspecified atom stereocenters. The largest absolute Gasteiger partial charge is 0.455 e. The monoisotopic (exact) mass is 340 g/mol. The molecule has 19 heavy (non-hydrogen) atoms. The van der Waals surface area contributed by atoms with Gasteiger partial charge in [0.25, 0.3) is 0 Å². The highest BCUT2D eigenvalue weighted by Crippen LogP contribution is 2.31. The van der Waals surface area contributed by atoms with Crippen LogP contribution in [0.3, 0.4) is 0 Å². The highest BCUT2D eigenvalue weighted by molar-refractivity contribution is 9.10. The number of aromatic nitrogens is 1. The fourth-order valence-electron chi connectivity index (χ4n) is 1.57. The molecule has 0 amide bonds. The van der Waals surface area contributed by atoms with E-state index in [4.69, 9.17) is 22.1 Å². The van der Waals surface area contributed by atoms with Gasteiger partial charge in [-0.15, -0.1) is 0 Å². The normalized spacial score (nSPS) is 12.2. The summed E-state index contributed by atoms with van der Waals surface area (Å²) in [5.41, 5.74) is 6.78. The number of nitrogens with two attached hydrogens (primary N) is 1. The Bertz CT molecular complexity index is 560. The molecule has 0 saturated heterocycles. The Labute approximate surface area is 125 Å². The van der Waals surface area contributed by atoms with Gasteiger partial charge in [0.05, 0.1) is 16.4 Å². The van der Waals surface area contributed by atoms with Crippen molar-refractivity contribution < 1.29 is 4.74 Å². The first-order valence-corrected chi connectivity index (χ1v) is 7.11. The van der Waals surface area contributed by atoms with Gasteiger partial charge in [-0.05, 0) is 52.7 Å². The van der Waals surface area contributed by atoms with E-state index < -0.39 is 0 Å². The summed E-state index contributed by atoms with van der Waals surface area (Å²) in [6.45, 7) is 2.03. The molecule has 5 heteroatoms. The molecule has 1 aromatic heterocycles. The van der Waals surface area contributed by atoms with Crippen LogP contribution in [0.15, 0.2) is 41.0 Å². The van der Waals surface area contributed by atoms with Gasteiger partial charge >= 0.3 is 0 Å². The Kier molecular flexibility index (Phi) is 4.80. The number of hydrogen-bond donors (Lipinski definition) is 1. The van der Waals surface area contributed by atoms with E-state index in [-0.39, 0.29) is 6.04 Å². The summed E-state index contributed by atoms with van der Waals surface area (Å²) >= 11 is 9.28. The maximum Gasteiger partial charge on any atom is 0.145 e. The van der Waals surface area contributed by atoms with E-state index in [0.717, 1.165) is 16.6 Å². The summed E-state index contributed by atoms with van der Waals surface area (Å²) < 4.78 is 6.52. The molecule has 0 bridgehead atoms. The molecule has 0 radical (unpaired) electrons. The van der Waals surface area contributed by atoms with Crippen molar-refractivity contribution in [2.45, 2.75) is 19.4 Å². The van der Waals surface area contributed by atoms with E-state index in [1.54, 1.807) is 24.4 Å². The molecule has 3 nitrogen and oxygen atoms in total. The zero-order valence-corrected chi connectivity index (χ0v) is 12.8. The van der Waals surface area contributed by atoms with Gasteiger partial charge in [-0.2, -0.15) is 0 Å². The number of pyridine rings is 1. The van der Waals surface area contributed by atoms with Gasteiger partial charge in [0.15, 0.2) is 0 Å². The van der Waals surface area contributed by atoms with Crippen LogP contribution in [0.1, 0.15) is 25.1 Å². The van der Waals surface area contributed by atoms with E-state index in [9.17, 15) is 0 Å². The lowest BCUT2D eigenvalue weighted by Gasteiger charge is -2.10. The molecule has 1 aromatic carbocycles. The lowest BCUT2D eigenvalue weighted by molar-refractivity contribution is 0.476. The fraction of sp³-hybridized carbons (Fsp3) is 0.214. The smallest absolute Gasteiger partial charge is 0.145 e. The van der Waals surface area contributed by atoms with E-state index in [0.29, 0.717) is 16.5 Å². The van der Waals surface area contributed by atoms with Crippen LogP contribution >= 0.6 is 27.5 Å². The minimum absolute atomic E-state index is 0.0312. The highest BCUT2D eigenvalue weighted by Gasteiger charge is 2.07. The lowest BCUT2D eigenvalue weighted by Crippen LogP contribution is -2.10. The molecule has 100 valence electrons. The molecule has 1 heterocycles. The second-order valence-electron chi connectivity index (χ2n) is 4.11. The summed E-state index contributed by atoms with van der Waals surface area (Å²) in [4.78, 5) is 4.30. The van der Waals surface area contributed by atoms with Crippen LogP contribution in [-0.4, -0.2) is 4.98 Å². The topological polar surface area (TPSA) is 48.1 Å². The molecule has 0 fully saturated rings. The molecule has 0 aliphatic rings. The zero-order chi connectivity index (χ0) is 13.8. The number of nitrogens with zero attached hydrogens (tertiary/aromatic N) is 1. The van der Waals surface area contributed by atoms with Gasteiger partial charge in [-0.25, -0.2) is 0 Å². The van der Waals surface area contributed by atoms with Gasteiger partial charge in [0.1, 0.15) is 11.5 Å². The number of hydrogen-bond acceptors (Lipinski definition) is 3. The predicted octanol–water partition coefficient (Wildman–Crippen LogP) is 4.70. The van der Waals surface area contributed by atoms with Crippen molar-refractivity contribution in [3.05, 3.63) is 51.7 Å². The van der Waals surface area contributed by atoms with Crippen LogP contribution in [0, 0.1) is 0 Å². The quantitative estimate of drug-likeness (QED) is 0.877. The summed E-state index contributed by atoms with van der Waals surface area (Å²) in [5.74, 6) is 1.36. The maximum absolute atomic E-state index is 5.91. The Morgan fingerprint density at radius 3 is 2.74 bits per heavy atom. The van der Waals surface area contributed by atoms with E-state index >= 15 is 0 Å². The molecule has 2 N–H and O–H groups in total. The minimum atomic E-state index is -0.0312. The fourth-order valence-corrected chi connectivity index (χ4v) is 2.33. The lowest BCUT2D eigenvalue weighted by atomic mass is 10.1. The van der Waals surface area contributed by atoms with Crippen LogP contribution in [-0.2, 0) is 0 Å². The van der Waals surface area contributed by atoms with Crippen LogP contribution < -0.4 is 10.5 Å². The average molecular weight is 342 g/mol. The Balaban J connectivity index is 2.15. The first-order valence-electron chi connectivity index (χ1n) is 5.94. The van der Waals surface area contributed by atoms with Crippen LogP contribution in [0.25, 0.3) is 0 Å². The molecule has 0 aliphatic carbocycles. The maximum atomic E-state index is 5.91. The Morgan fingerprint density at radius 1 is 1.37 bits per heavy atom. The van der Waals surface area contributed by atoms with Crippen molar-refractivity contribution in [3.8, 4) is 11.5 Å². The predicted molar refractivity (Wildman–Crippen MR) is 80.7 cm³/mol. The van der Waals surface area contributed by atoms with Crippen molar-refractivity contribution in [3.63, 3.8) is 0 Å². The molecule has 1 atom stereocenters. The molecule has 2 aromatic rings. The number of rotatable bonds is 4. The summed E-state index contributed by atoms with van der Waals surface area (Å²) in [6.07, 6.45) is 2.53. The minimum Gasteiger partial charge on any atom is -0.455 e. The summed E-state index contributed by atoms with van der Waals surface area (Å²) in [7, 11) is 0. The van der Waals surface area contributed by atoms with Gasteiger partial charge < -0.3 is 10.5 Å². The molecule has 0 saturated carbocycles. The number of ether oxygens (including phenoxy) is 1. The average Bonchev–Trinajstić information content (AvgIpc) is 2.42. The van der Waals surface area contributed by atoms with Crippen LogP contribution in [0.4, 0.5) is 0 Å².